The number of amides is 1. The highest BCUT2D eigenvalue weighted by Crippen LogP contribution is 2.15. The Hall–Kier alpha value is -1.57. The Bertz CT molecular complexity index is 418. The van der Waals surface area contributed by atoms with Crippen LogP contribution in [0.1, 0.15) is 63.5 Å². The molecule has 0 aliphatic rings. The number of hydrogen-bond donors (Lipinski definition) is 1. The largest absolute Gasteiger partial charge is 0.353 e. The lowest BCUT2D eigenvalue weighted by Gasteiger charge is -2.04. The predicted molar refractivity (Wildman–Crippen MR) is 86.7 cm³/mol. The standard InChI is InChI=1S/C18H27NO/c1-4-5-6-7-14-19-18(20)13-10-16-8-11-17(12-9-16)15(2)3/h8-13,15H,4-7,14H2,1-3H3,(H,19,20)/b13-10+. The van der Waals surface area contributed by atoms with Gasteiger partial charge in [-0.25, -0.2) is 0 Å². The molecule has 0 atom stereocenters. The molecular formula is C18H27NO. The van der Waals surface area contributed by atoms with E-state index in [1.807, 2.05) is 6.08 Å². The van der Waals surface area contributed by atoms with Crippen LogP contribution in [0.15, 0.2) is 30.3 Å². The highest BCUT2D eigenvalue weighted by Gasteiger charge is 1.98. The van der Waals surface area contributed by atoms with E-state index in [0.29, 0.717) is 5.92 Å². The van der Waals surface area contributed by atoms with Crippen LogP contribution in [-0.2, 0) is 4.79 Å². The zero-order chi connectivity index (χ0) is 14.8. The summed E-state index contributed by atoms with van der Waals surface area (Å²) in [5.41, 5.74) is 2.39. The Morgan fingerprint density at radius 1 is 1.15 bits per heavy atom. The van der Waals surface area contributed by atoms with Crippen molar-refractivity contribution in [3.8, 4) is 0 Å². The van der Waals surface area contributed by atoms with Crippen LogP contribution < -0.4 is 5.32 Å². The summed E-state index contributed by atoms with van der Waals surface area (Å²) in [5.74, 6) is 0.536. The number of carbonyl (C=O) groups excluding carboxylic acids is 1. The van der Waals surface area contributed by atoms with Crippen LogP contribution >= 0.6 is 0 Å². The summed E-state index contributed by atoms with van der Waals surface area (Å²) in [7, 11) is 0. The molecule has 110 valence electrons. The molecule has 1 N–H and O–H groups in total. The van der Waals surface area contributed by atoms with Crippen molar-refractivity contribution in [1.82, 2.24) is 5.32 Å². The minimum absolute atomic E-state index is 0.00515. The van der Waals surface area contributed by atoms with Crippen LogP contribution in [0.2, 0.25) is 0 Å². The van der Waals surface area contributed by atoms with Gasteiger partial charge in [0.25, 0.3) is 0 Å². The van der Waals surface area contributed by atoms with Crippen molar-refractivity contribution in [2.24, 2.45) is 0 Å². The second kappa shape index (κ2) is 9.35. The van der Waals surface area contributed by atoms with Gasteiger partial charge in [-0.15, -0.1) is 0 Å². The maximum Gasteiger partial charge on any atom is 0.243 e. The second-order valence-electron chi connectivity index (χ2n) is 5.51. The average Bonchev–Trinajstić information content (AvgIpc) is 2.45. The van der Waals surface area contributed by atoms with Crippen LogP contribution in [0.5, 0.6) is 0 Å². The van der Waals surface area contributed by atoms with Crippen LogP contribution in [0.25, 0.3) is 6.08 Å². The van der Waals surface area contributed by atoms with Crippen LogP contribution in [0, 0.1) is 0 Å². The van der Waals surface area contributed by atoms with E-state index in [9.17, 15) is 4.79 Å². The van der Waals surface area contributed by atoms with Gasteiger partial charge in [0.2, 0.25) is 5.91 Å². The molecule has 0 saturated carbocycles. The number of rotatable bonds is 8. The average molecular weight is 273 g/mol. The molecule has 1 amide bonds. The van der Waals surface area contributed by atoms with Gasteiger partial charge in [0, 0.05) is 12.6 Å². The van der Waals surface area contributed by atoms with Gasteiger partial charge in [0.1, 0.15) is 0 Å². The van der Waals surface area contributed by atoms with Crippen molar-refractivity contribution in [2.45, 2.75) is 52.4 Å². The van der Waals surface area contributed by atoms with Gasteiger partial charge < -0.3 is 5.32 Å². The minimum Gasteiger partial charge on any atom is -0.353 e. The monoisotopic (exact) mass is 273 g/mol. The van der Waals surface area contributed by atoms with E-state index < -0.39 is 0 Å². The fraction of sp³-hybridized carbons (Fsp3) is 0.500. The molecule has 0 radical (unpaired) electrons. The lowest BCUT2D eigenvalue weighted by molar-refractivity contribution is -0.116. The number of unbranched alkanes of at least 4 members (excludes halogenated alkanes) is 3. The SMILES string of the molecule is CCCCCCNC(=O)/C=C/c1ccc(C(C)C)cc1. The molecule has 1 rings (SSSR count). The highest BCUT2D eigenvalue weighted by molar-refractivity contribution is 5.91. The lowest BCUT2D eigenvalue weighted by atomic mass is 10.0. The molecule has 0 aliphatic heterocycles. The summed E-state index contributed by atoms with van der Waals surface area (Å²) in [6, 6.07) is 8.35. The van der Waals surface area contributed by atoms with Gasteiger partial charge in [0.15, 0.2) is 0 Å². The molecule has 20 heavy (non-hydrogen) atoms. The number of nitrogens with one attached hydrogen (secondary N) is 1. The maximum absolute atomic E-state index is 11.6. The Morgan fingerprint density at radius 3 is 2.45 bits per heavy atom. The van der Waals surface area contributed by atoms with Gasteiger partial charge in [0.05, 0.1) is 0 Å². The van der Waals surface area contributed by atoms with Gasteiger partial charge >= 0.3 is 0 Å². The highest BCUT2D eigenvalue weighted by atomic mass is 16.1. The van der Waals surface area contributed by atoms with Crippen molar-refractivity contribution in [2.75, 3.05) is 6.54 Å². The molecule has 0 saturated heterocycles. The molecule has 0 aliphatic carbocycles. The Balaban J connectivity index is 2.33. The molecule has 0 fully saturated rings. The molecule has 2 heteroatoms. The van der Waals surface area contributed by atoms with Crippen molar-refractivity contribution in [3.05, 3.63) is 41.5 Å². The minimum atomic E-state index is -0.00515. The first-order valence-corrected chi connectivity index (χ1v) is 7.69. The number of hydrogen-bond acceptors (Lipinski definition) is 1. The smallest absolute Gasteiger partial charge is 0.243 e. The van der Waals surface area contributed by atoms with Gasteiger partial charge in [-0.2, -0.15) is 0 Å². The molecule has 1 aromatic carbocycles. The first-order chi connectivity index (χ1) is 9.63. The summed E-state index contributed by atoms with van der Waals surface area (Å²) in [6.45, 7) is 7.31. The third kappa shape index (κ3) is 6.55. The summed E-state index contributed by atoms with van der Waals surface area (Å²) >= 11 is 0. The Labute approximate surface area is 123 Å². The summed E-state index contributed by atoms with van der Waals surface area (Å²) in [5, 5.41) is 2.92. The number of carbonyl (C=O) groups is 1. The van der Waals surface area contributed by atoms with Crippen molar-refractivity contribution in [3.63, 3.8) is 0 Å². The van der Waals surface area contributed by atoms with Crippen LogP contribution in [0.3, 0.4) is 0 Å². The zero-order valence-corrected chi connectivity index (χ0v) is 13.0. The normalized spacial score (nSPS) is 11.2. The van der Waals surface area contributed by atoms with E-state index in [0.717, 1.165) is 18.5 Å². The first kappa shape index (κ1) is 16.5. The summed E-state index contributed by atoms with van der Waals surface area (Å²) in [6.07, 6.45) is 8.21. The Morgan fingerprint density at radius 2 is 1.85 bits per heavy atom. The molecule has 2 nitrogen and oxygen atoms in total. The van der Waals surface area contributed by atoms with E-state index in [1.165, 1.54) is 24.8 Å². The van der Waals surface area contributed by atoms with E-state index in [4.69, 9.17) is 0 Å². The summed E-state index contributed by atoms with van der Waals surface area (Å²) in [4.78, 5) is 11.6. The van der Waals surface area contributed by atoms with E-state index in [1.54, 1.807) is 6.08 Å². The first-order valence-electron chi connectivity index (χ1n) is 7.69. The molecule has 0 unspecified atom stereocenters. The fourth-order valence-corrected chi connectivity index (χ4v) is 1.99. The van der Waals surface area contributed by atoms with Crippen molar-refractivity contribution in [1.29, 1.82) is 0 Å². The zero-order valence-electron chi connectivity index (χ0n) is 13.0. The van der Waals surface area contributed by atoms with E-state index in [-0.39, 0.29) is 5.91 Å². The van der Waals surface area contributed by atoms with E-state index >= 15 is 0 Å². The second-order valence-corrected chi connectivity index (χ2v) is 5.51. The Kier molecular flexibility index (Phi) is 7.71. The topological polar surface area (TPSA) is 29.1 Å². The quantitative estimate of drug-likeness (QED) is 0.547. The van der Waals surface area contributed by atoms with Gasteiger partial charge in [-0.05, 0) is 29.5 Å². The molecule has 0 bridgehead atoms. The maximum atomic E-state index is 11.6. The molecule has 0 aromatic heterocycles. The van der Waals surface area contributed by atoms with E-state index in [2.05, 4.69) is 50.4 Å². The van der Waals surface area contributed by atoms with Gasteiger partial charge in [-0.1, -0.05) is 64.3 Å². The molecule has 0 spiro atoms. The van der Waals surface area contributed by atoms with Crippen molar-refractivity contribution < 1.29 is 4.79 Å². The number of benzene rings is 1. The fourth-order valence-electron chi connectivity index (χ4n) is 1.99. The van der Waals surface area contributed by atoms with Crippen LogP contribution in [0.4, 0.5) is 0 Å². The third-order valence-electron chi connectivity index (χ3n) is 3.36. The van der Waals surface area contributed by atoms with Gasteiger partial charge in [-0.3, -0.25) is 4.79 Å². The third-order valence-corrected chi connectivity index (χ3v) is 3.36. The molecule has 0 heterocycles. The molecule has 1 aromatic rings. The van der Waals surface area contributed by atoms with Crippen molar-refractivity contribution >= 4 is 12.0 Å². The lowest BCUT2D eigenvalue weighted by Crippen LogP contribution is -2.21. The predicted octanol–water partition coefficient (Wildman–Crippen LogP) is 4.52. The van der Waals surface area contributed by atoms with Crippen LogP contribution in [-0.4, -0.2) is 12.5 Å². The molecular weight excluding hydrogens is 246 g/mol. The summed E-state index contributed by atoms with van der Waals surface area (Å²) < 4.78 is 0.